The first-order chi connectivity index (χ1) is 8.51. The molecule has 1 aromatic carbocycles. The molecule has 98 valence electrons. The first kappa shape index (κ1) is 14.5. The van der Waals surface area contributed by atoms with Crippen LogP contribution in [0.4, 0.5) is 10.1 Å². The Labute approximate surface area is 107 Å². The number of nitrogens with zero attached hydrogens (tertiary/aromatic N) is 2. The first-order valence-corrected chi connectivity index (χ1v) is 6.12. The highest BCUT2D eigenvalue weighted by Gasteiger charge is 2.18. The molecule has 0 bridgehead atoms. The van der Waals surface area contributed by atoms with E-state index in [9.17, 15) is 9.50 Å². The summed E-state index contributed by atoms with van der Waals surface area (Å²) in [5.41, 5.74) is 0.957. The molecule has 1 rings (SSSR count). The van der Waals surface area contributed by atoms with Gasteiger partial charge in [-0.2, -0.15) is 5.26 Å². The summed E-state index contributed by atoms with van der Waals surface area (Å²) in [4.78, 5) is 1.92. The molecule has 0 amide bonds. The minimum atomic E-state index is -0.868. The normalized spacial score (nSPS) is 13.8. The second kappa shape index (κ2) is 6.36. The van der Waals surface area contributed by atoms with Gasteiger partial charge in [0, 0.05) is 24.3 Å². The molecule has 0 aliphatic rings. The third-order valence-electron chi connectivity index (χ3n) is 2.88. The minimum Gasteiger partial charge on any atom is -0.389 e. The lowest BCUT2D eigenvalue weighted by molar-refractivity contribution is 0.194. The van der Waals surface area contributed by atoms with Crippen molar-refractivity contribution in [2.24, 2.45) is 5.92 Å². The molecule has 2 atom stereocenters. The zero-order chi connectivity index (χ0) is 13.7. The molecule has 0 aliphatic heterocycles. The molecule has 0 saturated heterocycles. The first-order valence-electron chi connectivity index (χ1n) is 6.12. The van der Waals surface area contributed by atoms with Crippen LogP contribution in [0.15, 0.2) is 18.2 Å². The lowest BCUT2D eigenvalue weighted by Crippen LogP contribution is -2.29. The molecule has 4 heteroatoms. The van der Waals surface area contributed by atoms with Crippen LogP contribution in [0.3, 0.4) is 0 Å². The summed E-state index contributed by atoms with van der Waals surface area (Å²) in [6.45, 7) is 6.50. The highest BCUT2D eigenvalue weighted by Crippen LogP contribution is 2.29. The van der Waals surface area contributed by atoms with E-state index in [4.69, 9.17) is 5.26 Å². The van der Waals surface area contributed by atoms with Crippen LogP contribution in [-0.2, 0) is 0 Å². The van der Waals surface area contributed by atoms with E-state index in [-0.39, 0.29) is 5.92 Å². The summed E-state index contributed by atoms with van der Waals surface area (Å²) in [7, 11) is 0. The van der Waals surface area contributed by atoms with Gasteiger partial charge in [0.2, 0.25) is 0 Å². The fourth-order valence-electron chi connectivity index (χ4n) is 1.98. The van der Waals surface area contributed by atoms with Crippen molar-refractivity contribution >= 4 is 5.69 Å². The summed E-state index contributed by atoms with van der Waals surface area (Å²) < 4.78 is 13.8. The molecule has 0 saturated carbocycles. The van der Waals surface area contributed by atoms with E-state index in [1.165, 1.54) is 6.07 Å². The maximum atomic E-state index is 13.8. The maximum Gasteiger partial charge on any atom is 0.131 e. The number of benzene rings is 1. The Balaban J connectivity index is 3.13. The van der Waals surface area contributed by atoms with E-state index in [0.29, 0.717) is 24.3 Å². The SMILES string of the molecule is CCN(CC(C)C#N)c1cccc(F)c1[C@H](C)O. The van der Waals surface area contributed by atoms with Crippen LogP contribution >= 0.6 is 0 Å². The van der Waals surface area contributed by atoms with Gasteiger partial charge < -0.3 is 10.0 Å². The van der Waals surface area contributed by atoms with Gasteiger partial charge in [-0.15, -0.1) is 0 Å². The Hall–Kier alpha value is -1.60. The fourth-order valence-corrected chi connectivity index (χ4v) is 1.98. The van der Waals surface area contributed by atoms with Gasteiger partial charge in [-0.25, -0.2) is 4.39 Å². The van der Waals surface area contributed by atoms with Gasteiger partial charge in [-0.3, -0.25) is 0 Å². The average Bonchev–Trinajstić information content (AvgIpc) is 2.34. The number of rotatable bonds is 5. The molecule has 3 nitrogen and oxygen atoms in total. The van der Waals surface area contributed by atoms with E-state index in [0.717, 1.165) is 0 Å². The van der Waals surface area contributed by atoms with Crippen molar-refractivity contribution < 1.29 is 9.50 Å². The smallest absolute Gasteiger partial charge is 0.131 e. The highest BCUT2D eigenvalue weighted by molar-refractivity contribution is 5.55. The van der Waals surface area contributed by atoms with Crippen LogP contribution in [0.2, 0.25) is 0 Å². The van der Waals surface area contributed by atoms with Gasteiger partial charge in [-0.05, 0) is 32.9 Å². The van der Waals surface area contributed by atoms with Crippen LogP contribution in [-0.4, -0.2) is 18.2 Å². The minimum absolute atomic E-state index is 0.143. The van der Waals surface area contributed by atoms with Crippen molar-refractivity contribution in [1.29, 1.82) is 5.26 Å². The van der Waals surface area contributed by atoms with E-state index in [1.54, 1.807) is 19.1 Å². The summed E-state index contributed by atoms with van der Waals surface area (Å²) in [6, 6.07) is 6.90. The molecule has 0 aromatic heterocycles. The molecule has 1 unspecified atom stereocenters. The second-order valence-electron chi connectivity index (χ2n) is 4.42. The molecular weight excluding hydrogens is 231 g/mol. The van der Waals surface area contributed by atoms with Gasteiger partial charge in [0.1, 0.15) is 5.82 Å². The standard InChI is InChI=1S/C14H19FN2O/c1-4-17(9-10(2)8-16)13-7-5-6-12(15)14(13)11(3)18/h5-7,10-11,18H,4,9H2,1-3H3/t10?,11-/m0/s1. The van der Waals surface area contributed by atoms with E-state index >= 15 is 0 Å². The average molecular weight is 250 g/mol. The van der Waals surface area contributed by atoms with Crippen LogP contribution in [0.25, 0.3) is 0 Å². The Morgan fingerprint density at radius 3 is 2.61 bits per heavy atom. The Morgan fingerprint density at radius 1 is 1.44 bits per heavy atom. The van der Waals surface area contributed by atoms with Crippen molar-refractivity contribution in [3.05, 3.63) is 29.6 Å². The number of nitriles is 1. The zero-order valence-corrected chi connectivity index (χ0v) is 11.0. The van der Waals surface area contributed by atoms with Gasteiger partial charge in [0.05, 0.1) is 18.1 Å². The van der Waals surface area contributed by atoms with Crippen molar-refractivity contribution in [2.45, 2.75) is 26.9 Å². The third kappa shape index (κ3) is 3.21. The van der Waals surface area contributed by atoms with Crippen LogP contribution < -0.4 is 4.90 Å². The van der Waals surface area contributed by atoms with Crippen molar-refractivity contribution in [3.8, 4) is 6.07 Å². The van der Waals surface area contributed by atoms with Gasteiger partial charge >= 0.3 is 0 Å². The molecular formula is C14H19FN2O. The fraction of sp³-hybridized carbons (Fsp3) is 0.500. The number of hydrogen-bond donors (Lipinski definition) is 1. The lowest BCUT2D eigenvalue weighted by Gasteiger charge is -2.27. The summed E-state index contributed by atoms with van der Waals surface area (Å²) in [5.74, 6) is -0.555. The third-order valence-corrected chi connectivity index (χ3v) is 2.88. The van der Waals surface area contributed by atoms with Gasteiger partial charge in [0.25, 0.3) is 0 Å². The monoisotopic (exact) mass is 250 g/mol. The number of aliphatic hydroxyl groups excluding tert-OH is 1. The lowest BCUT2D eigenvalue weighted by atomic mass is 10.1. The van der Waals surface area contributed by atoms with Gasteiger partial charge in [0.15, 0.2) is 0 Å². The molecule has 0 radical (unpaired) electrons. The highest BCUT2D eigenvalue weighted by atomic mass is 19.1. The van der Waals surface area contributed by atoms with E-state index < -0.39 is 11.9 Å². The summed E-state index contributed by atoms with van der Waals surface area (Å²) in [5, 5.41) is 18.5. The number of hydrogen-bond acceptors (Lipinski definition) is 3. The molecule has 1 N–H and O–H groups in total. The Kier molecular flexibility index (Phi) is 5.11. The molecule has 18 heavy (non-hydrogen) atoms. The van der Waals surface area contributed by atoms with Crippen molar-refractivity contribution in [2.75, 3.05) is 18.0 Å². The van der Waals surface area contributed by atoms with Crippen LogP contribution in [0.5, 0.6) is 0 Å². The second-order valence-corrected chi connectivity index (χ2v) is 4.42. The number of anilines is 1. The van der Waals surface area contributed by atoms with E-state index in [1.807, 2.05) is 18.7 Å². The quantitative estimate of drug-likeness (QED) is 0.874. The summed E-state index contributed by atoms with van der Waals surface area (Å²) >= 11 is 0. The Bertz CT molecular complexity index is 440. The molecule has 0 spiro atoms. The van der Waals surface area contributed by atoms with Crippen LogP contribution in [0.1, 0.15) is 32.4 Å². The number of aliphatic hydroxyl groups is 1. The van der Waals surface area contributed by atoms with Crippen molar-refractivity contribution in [1.82, 2.24) is 0 Å². The summed E-state index contributed by atoms with van der Waals surface area (Å²) in [6.07, 6.45) is -0.868. The predicted octanol–water partition coefficient (Wildman–Crippen LogP) is 2.86. The predicted molar refractivity (Wildman–Crippen MR) is 69.7 cm³/mol. The maximum absolute atomic E-state index is 13.8. The van der Waals surface area contributed by atoms with Gasteiger partial charge in [-0.1, -0.05) is 6.07 Å². The molecule has 1 aromatic rings. The zero-order valence-electron chi connectivity index (χ0n) is 11.0. The number of halogens is 1. The molecule has 0 fully saturated rings. The largest absolute Gasteiger partial charge is 0.389 e. The van der Waals surface area contributed by atoms with Crippen LogP contribution in [0, 0.1) is 23.1 Å². The van der Waals surface area contributed by atoms with E-state index in [2.05, 4.69) is 6.07 Å². The molecule has 0 heterocycles. The van der Waals surface area contributed by atoms with Crippen molar-refractivity contribution in [3.63, 3.8) is 0 Å². The Morgan fingerprint density at radius 2 is 2.11 bits per heavy atom. The topological polar surface area (TPSA) is 47.3 Å². The molecule has 0 aliphatic carbocycles.